The molecule has 1 N–H and O–H groups in total. The van der Waals surface area contributed by atoms with E-state index in [1.165, 1.54) is 45.7 Å². The highest BCUT2D eigenvalue weighted by atomic mass is 28.4. The van der Waals surface area contributed by atoms with Crippen molar-refractivity contribution in [3.05, 3.63) is 41.6 Å². The summed E-state index contributed by atoms with van der Waals surface area (Å²) in [6, 6.07) is 10.9. The molecule has 0 amide bonds. The Balaban J connectivity index is 1.64. The van der Waals surface area contributed by atoms with E-state index in [9.17, 15) is 0 Å². The van der Waals surface area contributed by atoms with Crippen LogP contribution < -0.4 is 0 Å². The van der Waals surface area contributed by atoms with Crippen molar-refractivity contribution in [2.75, 3.05) is 20.2 Å². The quantitative estimate of drug-likeness (QED) is 0.722. The van der Waals surface area contributed by atoms with Crippen molar-refractivity contribution in [3.63, 3.8) is 0 Å². The first-order chi connectivity index (χ1) is 12.6. The largest absolute Gasteiger partial charge is 0.416 e. The van der Waals surface area contributed by atoms with Gasteiger partial charge in [0, 0.05) is 42.2 Å². The van der Waals surface area contributed by atoms with E-state index in [0.29, 0.717) is 12.0 Å². The fourth-order valence-corrected chi connectivity index (χ4v) is 7.67. The van der Waals surface area contributed by atoms with Crippen LogP contribution >= 0.6 is 0 Å². The van der Waals surface area contributed by atoms with Crippen LogP contribution in [-0.2, 0) is 10.8 Å². The highest BCUT2D eigenvalue weighted by Crippen LogP contribution is 2.41. The number of nitrogens with one attached hydrogen (secondary N) is 1. The van der Waals surface area contributed by atoms with Crippen molar-refractivity contribution in [2.45, 2.75) is 51.4 Å². The monoisotopic (exact) mass is 368 g/mol. The van der Waals surface area contributed by atoms with E-state index in [1.807, 2.05) is 0 Å². The first kappa shape index (κ1) is 18.0. The fourth-order valence-electron chi connectivity index (χ4n) is 4.99. The fraction of sp³-hybridized carbons (Fsp3) is 0.545. The summed E-state index contributed by atoms with van der Waals surface area (Å²) >= 11 is 0. The number of hydrogen-bond acceptors (Lipinski definition) is 2. The first-order valence-electron chi connectivity index (χ1n) is 10.3. The second kappa shape index (κ2) is 6.99. The summed E-state index contributed by atoms with van der Waals surface area (Å²) in [6.45, 7) is 8.94. The molecule has 0 saturated heterocycles. The zero-order chi connectivity index (χ0) is 18.3. The molecule has 2 atom stereocenters. The Kier molecular flexibility index (Phi) is 4.84. The molecular formula is C22H32N2OSi. The number of aromatic amines is 1. The molecule has 2 heterocycles. The number of hydrogen-bond donors (Lipinski definition) is 1. The third kappa shape index (κ3) is 2.88. The van der Waals surface area contributed by atoms with Gasteiger partial charge in [0.25, 0.3) is 0 Å². The van der Waals surface area contributed by atoms with Crippen molar-refractivity contribution < 1.29 is 4.43 Å². The lowest BCUT2D eigenvalue weighted by molar-refractivity contribution is 0.186. The van der Waals surface area contributed by atoms with Gasteiger partial charge in [-0.25, -0.2) is 0 Å². The van der Waals surface area contributed by atoms with E-state index in [1.54, 1.807) is 0 Å². The van der Waals surface area contributed by atoms with Crippen LogP contribution in [0, 0.1) is 5.92 Å². The van der Waals surface area contributed by atoms with Crippen molar-refractivity contribution in [2.24, 2.45) is 5.92 Å². The van der Waals surface area contributed by atoms with Crippen molar-refractivity contribution in [3.8, 4) is 0 Å². The SMILES string of the molecule is CC[Si](CC)(CC)OCC1C=C2c3cccc4[nH]cc(c34)C[C@H]2N(C)C1. The number of H-pyrrole nitrogens is 1. The average molecular weight is 369 g/mol. The lowest BCUT2D eigenvalue weighted by atomic mass is 9.80. The standard InChI is InChI=1S/C22H32N2OSi/c1-5-26(6-2,7-3)25-15-16-11-19-18-9-8-10-20-22(18)17(13-23-20)12-21(19)24(4)14-16/h8-11,13,16,21,23H,5-7,12,14-15H2,1-4H3/t16?,21-/m1/s1. The molecule has 2 aromatic rings. The molecule has 1 unspecified atom stereocenters. The first-order valence-corrected chi connectivity index (χ1v) is 12.8. The van der Waals surface area contributed by atoms with Crippen LogP contribution in [0.4, 0.5) is 0 Å². The van der Waals surface area contributed by atoms with Crippen LogP contribution in [0.3, 0.4) is 0 Å². The Morgan fingerprint density at radius 1 is 1.19 bits per heavy atom. The van der Waals surface area contributed by atoms with Crippen molar-refractivity contribution in [1.82, 2.24) is 9.88 Å². The maximum atomic E-state index is 6.63. The summed E-state index contributed by atoms with van der Waals surface area (Å²) in [4.78, 5) is 6.01. The topological polar surface area (TPSA) is 28.3 Å². The molecule has 1 aromatic carbocycles. The molecule has 1 aromatic heterocycles. The number of nitrogens with zero attached hydrogens (tertiary/aromatic N) is 1. The minimum absolute atomic E-state index is 0.499. The Bertz CT molecular complexity index is 812. The summed E-state index contributed by atoms with van der Waals surface area (Å²) in [6.07, 6.45) is 5.86. The normalized spacial score (nSPS) is 23.2. The molecule has 0 saturated carbocycles. The molecule has 4 rings (SSSR count). The predicted octanol–water partition coefficient (Wildman–Crippen LogP) is 5.06. The van der Waals surface area contributed by atoms with E-state index in [2.05, 4.69) is 68.2 Å². The number of rotatable bonds is 6. The van der Waals surface area contributed by atoms with Crippen LogP contribution in [-0.4, -0.2) is 44.4 Å². The van der Waals surface area contributed by atoms with Gasteiger partial charge in [0.15, 0.2) is 8.32 Å². The highest BCUT2D eigenvalue weighted by molar-refractivity contribution is 6.73. The van der Waals surface area contributed by atoms with E-state index in [-0.39, 0.29) is 0 Å². The number of likely N-dealkylation sites (N-methyl/N-ethyl adjacent to an activating group) is 1. The minimum atomic E-state index is -1.52. The summed E-state index contributed by atoms with van der Waals surface area (Å²) < 4.78 is 6.63. The average Bonchev–Trinajstić information content (AvgIpc) is 3.09. The van der Waals surface area contributed by atoms with Gasteiger partial charge in [0.1, 0.15) is 0 Å². The van der Waals surface area contributed by atoms with Crippen LogP contribution in [0.15, 0.2) is 30.5 Å². The van der Waals surface area contributed by atoms with Gasteiger partial charge in [-0.1, -0.05) is 39.0 Å². The Morgan fingerprint density at radius 2 is 1.96 bits per heavy atom. The number of benzene rings is 1. The molecule has 0 fully saturated rings. The minimum Gasteiger partial charge on any atom is -0.416 e. The number of aromatic nitrogens is 1. The van der Waals surface area contributed by atoms with Gasteiger partial charge in [0.05, 0.1) is 0 Å². The maximum absolute atomic E-state index is 6.63. The van der Waals surface area contributed by atoms with Gasteiger partial charge in [-0.3, -0.25) is 4.90 Å². The third-order valence-corrected chi connectivity index (χ3v) is 11.5. The van der Waals surface area contributed by atoms with Gasteiger partial charge >= 0.3 is 0 Å². The zero-order valence-corrected chi connectivity index (χ0v) is 17.6. The molecule has 3 nitrogen and oxygen atoms in total. The second-order valence-electron chi connectivity index (χ2n) is 8.14. The lowest BCUT2D eigenvalue weighted by Crippen LogP contribution is -2.45. The van der Waals surface area contributed by atoms with Gasteiger partial charge in [-0.2, -0.15) is 0 Å². The molecule has 1 aliphatic heterocycles. The molecule has 4 heteroatoms. The molecule has 26 heavy (non-hydrogen) atoms. The van der Waals surface area contributed by atoms with Gasteiger partial charge < -0.3 is 9.41 Å². The molecule has 0 spiro atoms. The van der Waals surface area contributed by atoms with Crippen LogP contribution in [0.1, 0.15) is 31.9 Å². The zero-order valence-electron chi connectivity index (χ0n) is 16.6. The summed E-state index contributed by atoms with van der Waals surface area (Å²) in [5, 5.41) is 1.43. The van der Waals surface area contributed by atoms with Crippen LogP contribution in [0.2, 0.25) is 18.1 Å². The third-order valence-electron chi connectivity index (χ3n) is 6.88. The molecule has 2 aliphatic rings. The van der Waals surface area contributed by atoms with E-state index < -0.39 is 8.32 Å². The van der Waals surface area contributed by atoms with E-state index in [0.717, 1.165) is 19.6 Å². The summed E-state index contributed by atoms with van der Waals surface area (Å²) in [5.41, 5.74) is 5.68. The van der Waals surface area contributed by atoms with E-state index >= 15 is 0 Å². The molecular weight excluding hydrogens is 336 g/mol. The van der Waals surface area contributed by atoms with Gasteiger partial charge in [-0.15, -0.1) is 0 Å². The van der Waals surface area contributed by atoms with Gasteiger partial charge in [0.2, 0.25) is 0 Å². The lowest BCUT2D eigenvalue weighted by Gasteiger charge is -2.40. The highest BCUT2D eigenvalue weighted by Gasteiger charge is 2.35. The Morgan fingerprint density at radius 3 is 2.69 bits per heavy atom. The van der Waals surface area contributed by atoms with Crippen LogP contribution in [0.25, 0.3) is 16.5 Å². The van der Waals surface area contributed by atoms with Crippen molar-refractivity contribution in [1.29, 1.82) is 0 Å². The van der Waals surface area contributed by atoms with Crippen LogP contribution in [0.5, 0.6) is 0 Å². The molecule has 0 radical (unpaired) electrons. The predicted molar refractivity (Wildman–Crippen MR) is 113 cm³/mol. The molecule has 140 valence electrons. The maximum Gasteiger partial charge on any atom is 0.192 e. The summed E-state index contributed by atoms with van der Waals surface area (Å²) in [5.74, 6) is 0.499. The Hall–Kier alpha value is -1.36. The number of fused-ring (bicyclic) bond motifs is 2. The molecule has 1 aliphatic carbocycles. The van der Waals surface area contributed by atoms with Gasteiger partial charge in [-0.05, 0) is 54.4 Å². The second-order valence-corrected chi connectivity index (χ2v) is 12.9. The molecule has 0 bridgehead atoms. The van der Waals surface area contributed by atoms with E-state index in [4.69, 9.17) is 4.43 Å². The Labute approximate surface area is 158 Å². The van der Waals surface area contributed by atoms with Crippen molar-refractivity contribution >= 4 is 24.8 Å². The smallest absolute Gasteiger partial charge is 0.192 e. The summed E-state index contributed by atoms with van der Waals surface area (Å²) in [7, 11) is 0.769.